The number of halogens is 1. The summed E-state index contributed by atoms with van der Waals surface area (Å²) in [6, 6.07) is 14.4. The van der Waals surface area contributed by atoms with Crippen LogP contribution in [0.5, 0.6) is 0 Å². The van der Waals surface area contributed by atoms with Crippen molar-refractivity contribution in [2.24, 2.45) is 0 Å². The van der Waals surface area contributed by atoms with Gasteiger partial charge in [-0.05, 0) is 66.4 Å². The molecule has 2 heterocycles. The highest BCUT2D eigenvalue weighted by molar-refractivity contribution is 5.91. The van der Waals surface area contributed by atoms with Crippen LogP contribution in [0.3, 0.4) is 0 Å². The molecule has 9 heteroatoms. The zero-order valence-corrected chi connectivity index (χ0v) is 18.7. The summed E-state index contributed by atoms with van der Waals surface area (Å²) in [6.07, 6.45) is 3.21. The van der Waals surface area contributed by atoms with Crippen LogP contribution in [0, 0.1) is 19.7 Å². The van der Waals surface area contributed by atoms with Gasteiger partial charge < -0.3 is 5.32 Å². The summed E-state index contributed by atoms with van der Waals surface area (Å²) in [4.78, 5) is 43.4. The molecular weight excluding hydrogens is 437 g/mol. The smallest absolute Gasteiger partial charge is 0.346 e. The number of rotatable bonds is 6. The summed E-state index contributed by atoms with van der Waals surface area (Å²) >= 11 is 0. The summed E-state index contributed by atoms with van der Waals surface area (Å²) in [5.41, 5.74) is 1.51. The van der Waals surface area contributed by atoms with Crippen molar-refractivity contribution in [3.8, 4) is 5.69 Å². The van der Waals surface area contributed by atoms with Crippen LogP contribution in [-0.4, -0.2) is 25.2 Å². The van der Waals surface area contributed by atoms with Crippen molar-refractivity contribution in [3.05, 3.63) is 122 Å². The molecule has 0 radical (unpaired) electrons. The molecule has 4 rings (SSSR count). The van der Waals surface area contributed by atoms with E-state index in [4.69, 9.17) is 0 Å². The molecule has 0 saturated heterocycles. The van der Waals surface area contributed by atoms with E-state index in [0.29, 0.717) is 11.3 Å². The third-order valence-electron chi connectivity index (χ3n) is 5.16. The van der Waals surface area contributed by atoms with Crippen LogP contribution < -0.4 is 16.6 Å². The molecule has 0 fully saturated rings. The van der Waals surface area contributed by atoms with Gasteiger partial charge in [0.15, 0.2) is 0 Å². The van der Waals surface area contributed by atoms with Crippen molar-refractivity contribution in [3.63, 3.8) is 0 Å². The zero-order chi connectivity index (χ0) is 24.2. The lowest BCUT2D eigenvalue weighted by Gasteiger charge is -2.13. The first kappa shape index (κ1) is 22.8. The fraction of sp³-hybridized carbons (Fsp3) is 0.160. The Hall–Kier alpha value is -4.40. The van der Waals surface area contributed by atoms with E-state index in [1.54, 1.807) is 36.7 Å². The number of nitrogens with one attached hydrogen (secondary N) is 1. The summed E-state index contributed by atoms with van der Waals surface area (Å²) in [5, 5.41) is 6.79. The number of nitrogens with zero attached hydrogens (tertiary/aromatic N) is 4. The number of benzene rings is 2. The van der Waals surface area contributed by atoms with Crippen LogP contribution in [0.1, 0.15) is 32.7 Å². The number of hydrogen-bond acceptors (Lipinski definition) is 5. The van der Waals surface area contributed by atoms with Gasteiger partial charge in [0, 0.05) is 18.9 Å². The monoisotopic (exact) mass is 459 g/mol. The van der Waals surface area contributed by atoms with Crippen molar-refractivity contribution >= 4 is 5.91 Å². The molecule has 1 N–H and O–H groups in total. The van der Waals surface area contributed by atoms with E-state index >= 15 is 0 Å². The number of aromatic nitrogens is 4. The predicted octanol–water partition coefficient (Wildman–Crippen LogP) is 2.52. The van der Waals surface area contributed by atoms with Crippen LogP contribution in [-0.2, 0) is 13.1 Å². The number of pyridine rings is 1. The van der Waals surface area contributed by atoms with Gasteiger partial charge in [-0.15, -0.1) is 0 Å². The maximum Gasteiger partial charge on any atom is 0.352 e. The Morgan fingerprint density at radius 2 is 1.71 bits per heavy atom. The highest BCUT2D eigenvalue weighted by Gasteiger charge is 2.20. The molecule has 0 unspecified atom stereocenters. The quantitative estimate of drug-likeness (QED) is 0.478. The highest BCUT2D eigenvalue weighted by Crippen LogP contribution is 2.11. The van der Waals surface area contributed by atoms with Crippen LogP contribution in [0.2, 0.25) is 0 Å². The first-order chi connectivity index (χ1) is 16.3. The second-order valence-electron chi connectivity index (χ2n) is 7.95. The largest absolute Gasteiger partial charge is 0.352 e. The normalized spacial score (nSPS) is 10.8. The van der Waals surface area contributed by atoms with E-state index in [1.165, 1.54) is 24.3 Å². The fourth-order valence-corrected chi connectivity index (χ4v) is 3.58. The van der Waals surface area contributed by atoms with E-state index in [1.807, 2.05) is 19.9 Å². The van der Waals surface area contributed by atoms with Gasteiger partial charge in [-0.2, -0.15) is 9.78 Å². The minimum atomic E-state index is -0.835. The minimum Gasteiger partial charge on any atom is -0.346 e. The summed E-state index contributed by atoms with van der Waals surface area (Å²) < 4.78 is 15.3. The molecule has 0 aliphatic carbocycles. The molecule has 0 spiro atoms. The third-order valence-corrected chi connectivity index (χ3v) is 5.16. The molecule has 0 saturated carbocycles. The maximum absolute atomic E-state index is 13.3. The van der Waals surface area contributed by atoms with Crippen molar-refractivity contribution < 1.29 is 9.18 Å². The van der Waals surface area contributed by atoms with E-state index in [9.17, 15) is 18.8 Å². The fourth-order valence-electron chi connectivity index (χ4n) is 3.58. The lowest BCUT2D eigenvalue weighted by molar-refractivity contribution is 0.0941. The number of carbonyl (C=O) groups excluding carboxylic acids is 1. The molecule has 34 heavy (non-hydrogen) atoms. The summed E-state index contributed by atoms with van der Waals surface area (Å²) in [6.45, 7) is 3.73. The number of amides is 1. The average Bonchev–Trinajstić information content (AvgIpc) is 2.81. The third kappa shape index (κ3) is 4.98. The van der Waals surface area contributed by atoms with Gasteiger partial charge in [0.1, 0.15) is 5.82 Å². The first-order valence-corrected chi connectivity index (χ1v) is 10.6. The van der Waals surface area contributed by atoms with Crippen molar-refractivity contribution in [1.82, 2.24) is 24.6 Å². The van der Waals surface area contributed by atoms with E-state index < -0.39 is 28.7 Å². The average molecular weight is 459 g/mol. The van der Waals surface area contributed by atoms with Crippen molar-refractivity contribution in [1.29, 1.82) is 0 Å². The molecule has 8 nitrogen and oxygen atoms in total. The minimum absolute atomic E-state index is 0.133. The summed E-state index contributed by atoms with van der Waals surface area (Å²) in [7, 11) is 0. The lowest BCUT2D eigenvalue weighted by Crippen LogP contribution is -2.46. The lowest BCUT2D eigenvalue weighted by atomic mass is 10.1. The van der Waals surface area contributed by atoms with E-state index in [-0.39, 0.29) is 13.1 Å². The second-order valence-corrected chi connectivity index (χ2v) is 7.95. The Bertz CT molecular complexity index is 1440. The Labute approximate surface area is 194 Å². The molecule has 2 aromatic carbocycles. The van der Waals surface area contributed by atoms with Gasteiger partial charge in [-0.25, -0.2) is 9.18 Å². The topological polar surface area (TPSA) is 98.9 Å². The molecule has 0 atom stereocenters. The highest BCUT2D eigenvalue weighted by atomic mass is 19.1. The maximum atomic E-state index is 13.3. The molecule has 172 valence electrons. The van der Waals surface area contributed by atoms with Crippen molar-refractivity contribution in [2.75, 3.05) is 0 Å². The molecule has 4 aromatic rings. The van der Waals surface area contributed by atoms with Gasteiger partial charge in [0.05, 0.1) is 12.2 Å². The first-order valence-electron chi connectivity index (χ1n) is 10.6. The van der Waals surface area contributed by atoms with Crippen LogP contribution >= 0.6 is 0 Å². The zero-order valence-electron chi connectivity index (χ0n) is 18.7. The van der Waals surface area contributed by atoms with Crippen LogP contribution in [0.25, 0.3) is 5.69 Å². The Kier molecular flexibility index (Phi) is 6.44. The number of hydrogen-bond donors (Lipinski definition) is 1. The van der Waals surface area contributed by atoms with E-state index in [0.717, 1.165) is 25.9 Å². The molecular formula is C25H22FN5O3. The van der Waals surface area contributed by atoms with Crippen LogP contribution in [0.4, 0.5) is 4.39 Å². The van der Waals surface area contributed by atoms with Gasteiger partial charge in [0.25, 0.3) is 11.5 Å². The Balaban J connectivity index is 1.81. The van der Waals surface area contributed by atoms with Gasteiger partial charge >= 0.3 is 5.69 Å². The van der Waals surface area contributed by atoms with E-state index in [2.05, 4.69) is 15.4 Å². The Morgan fingerprint density at radius 1 is 1.00 bits per heavy atom. The molecule has 1 amide bonds. The summed E-state index contributed by atoms with van der Waals surface area (Å²) in [5.74, 6) is -1.16. The van der Waals surface area contributed by atoms with Crippen molar-refractivity contribution in [2.45, 2.75) is 26.9 Å². The van der Waals surface area contributed by atoms with Gasteiger partial charge in [-0.3, -0.25) is 19.1 Å². The predicted molar refractivity (Wildman–Crippen MR) is 124 cm³/mol. The molecule has 0 bridgehead atoms. The second kappa shape index (κ2) is 9.62. The van der Waals surface area contributed by atoms with Crippen LogP contribution in [0.15, 0.2) is 76.6 Å². The molecule has 2 aromatic heterocycles. The standard InChI is InChI=1S/C25H22FN5O3/c1-16-10-17(2)12-21(11-16)31-25(34)30(15-18-5-7-20(26)8-6-18)24(33)22(29-31)23(32)28-14-19-4-3-9-27-13-19/h3-13H,14-15H2,1-2H3,(H,28,32). The van der Waals surface area contributed by atoms with Gasteiger partial charge in [-0.1, -0.05) is 24.3 Å². The Morgan fingerprint density at radius 3 is 2.35 bits per heavy atom. The molecule has 0 aliphatic rings. The number of aryl methyl sites for hydroxylation is 2. The van der Waals surface area contributed by atoms with Gasteiger partial charge in [0.2, 0.25) is 5.69 Å². The SMILES string of the molecule is Cc1cc(C)cc(-n2nc(C(=O)NCc3cccnc3)c(=O)n(Cc3ccc(F)cc3)c2=O)c1. The number of carbonyl (C=O) groups is 1. The molecule has 0 aliphatic heterocycles.